The van der Waals surface area contributed by atoms with Crippen molar-refractivity contribution in [2.75, 3.05) is 6.54 Å². The highest BCUT2D eigenvalue weighted by Crippen LogP contribution is 2.43. The van der Waals surface area contributed by atoms with Crippen LogP contribution in [0, 0.1) is 0 Å². The van der Waals surface area contributed by atoms with Gasteiger partial charge in [0, 0.05) is 12.6 Å². The molecule has 1 spiro atoms. The van der Waals surface area contributed by atoms with E-state index in [4.69, 9.17) is 4.74 Å². The van der Waals surface area contributed by atoms with E-state index in [1.807, 2.05) is 0 Å². The Morgan fingerprint density at radius 2 is 1.95 bits per heavy atom. The zero-order chi connectivity index (χ0) is 13.1. The molecule has 1 aromatic carbocycles. The van der Waals surface area contributed by atoms with Gasteiger partial charge in [-0.3, -0.25) is 0 Å². The number of ether oxygens (including phenoxy) is 1. The van der Waals surface area contributed by atoms with E-state index in [2.05, 4.69) is 42.6 Å². The summed E-state index contributed by atoms with van der Waals surface area (Å²) in [4.78, 5) is 0. The van der Waals surface area contributed by atoms with Crippen LogP contribution in [0.5, 0.6) is 0 Å². The Kier molecular flexibility index (Phi) is 3.90. The van der Waals surface area contributed by atoms with Crippen molar-refractivity contribution in [2.24, 2.45) is 0 Å². The molecule has 1 unspecified atom stereocenters. The van der Waals surface area contributed by atoms with E-state index in [0.29, 0.717) is 12.1 Å². The standard InChI is InChI=1S/C17H25NO/c1-14(15-7-3-2-4-8-15)18-13-16-9-12-17(19-16)10-5-6-11-17/h2-4,7-8,14,16,18H,5-6,9-13H2,1H3/t14-,16?/m0/s1. The number of hydrogen-bond acceptors (Lipinski definition) is 2. The first-order chi connectivity index (χ1) is 9.27. The summed E-state index contributed by atoms with van der Waals surface area (Å²) in [5, 5.41) is 3.62. The minimum Gasteiger partial charge on any atom is -0.370 e. The van der Waals surface area contributed by atoms with E-state index in [9.17, 15) is 0 Å². The fourth-order valence-corrected chi connectivity index (χ4v) is 3.59. The molecule has 1 aromatic rings. The predicted molar refractivity (Wildman–Crippen MR) is 78.2 cm³/mol. The van der Waals surface area contributed by atoms with Crippen LogP contribution in [-0.4, -0.2) is 18.2 Å². The Hall–Kier alpha value is -0.860. The van der Waals surface area contributed by atoms with Gasteiger partial charge >= 0.3 is 0 Å². The van der Waals surface area contributed by atoms with Gasteiger partial charge in [-0.05, 0) is 38.2 Å². The highest BCUT2D eigenvalue weighted by Gasteiger charge is 2.41. The zero-order valence-electron chi connectivity index (χ0n) is 11.9. The topological polar surface area (TPSA) is 21.3 Å². The summed E-state index contributed by atoms with van der Waals surface area (Å²) in [6.45, 7) is 3.22. The molecular weight excluding hydrogens is 234 g/mol. The Labute approximate surface area is 116 Å². The molecular formula is C17H25NO. The van der Waals surface area contributed by atoms with Gasteiger partial charge in [-0.25, -0.2) is 0 Å². The first-order valence-corrected chi connectivity index (χ1v) is 7.74. The molecule has 1 aliphatic heterocycles. The number of hydrogen-bond donors (Lipinski definition) is 1. The van der Waals surface area contributed by atoms with Gasteiger partial charge in [-0.1, -0.05) is 43.2 Å². The van der Waals surface area contributed by atoms with Crippen molar-refractivity contribution >= 4 is 0 Å². The average Bonchev–Trinajstić information content (AvgIpc) is 3.08. The fourth-order valence-electron chi connectivity index (χ4n) is 3.59. The summed E-state index contributed by atoms with van der Waals surface area (Å²) >= 11 is 0. The molecule has 2 nitrogen and oxygen atoms in total. The molecule has 0 aromatic heterocycles. The SMILES string of the molecule is C[C@H](NCC1CCC2(CCCC2)O1)c1ccccc1. The van der Waals surface area contributed by atoms with Crippen LogP contribution in [0.15, 0.2) is 30.3 Å². The van der Waals surface area contributed by atoms with Crippen molar-refractivity contribution in [1.29, 1.82) is 0 Å². The summed E-state index contributed by atoms with van der Waals surface area (Å²) < 4.78 is 6.33. The Bertz CT molecular complexity index is 397. The van der Waals surface area contributed by atoms with E-state index in [0.717, 1.165) is 6.54 Å². The van der Waals surface area contributed by atoms with Crippen molar-refractivity contribution in [3.05, 3.63) is 35.9 Å². The van der Waals surface area contributed by atoms with Gasteiger partial charge in [-0.15, -0.1) is 0 Å². The second kappa shape index (κ2) is 5.64. The summed E-state index contributed by atoms with van der Waals surface area (Å²) in [5.41, 5.74) is 1.62. The molecule has 1 N–H and O–H groups in total. The van der Waals surface area contributed by atoms with Crippen molar-refractivity contribution in [2.45, 2.75) is 63.2 Å². The van der Waals surface area contributed by atoms with Gasteiger partial charge < -0.3 is 10.1 Å². The van der Waals surface area contributed by atoms with Crippen LogP contribution in [0.2, 0.25) is 0 Å². The maximum atomic E-state index is 6.33. The van der Waals surface area contributed by atoms with E-state index in [1.54, 1.807) is 0 Å². The summed E-state index contributed by atoms with van der Waals surface area (Å²) in [5.74, 6) is 0. The van der Waals surface area contributed by atoms with Crippen LogP contribution in [0.25, 0.3) is 0 Å². The molecule has 1 saturated carbocycles. The normalized spacial score (nSPS) is 26.9. The van der Waals surface area contributed by atoms with Crippen molar-refractivity contribution < 1.29 is 4.74 Å². The summed E-state index contributed by atoms with van der Waals surface area (Å²) in [6, 6.07) is 11.1. The smallest absolute Gasteiger partial charge is 0.0708 e. The van der Waals surface area contributed by atoms with Gasteiger partial charge in [0.2, 0.25) is 0 Å². The minimum absolute atomic E-state index is 0.266. The molecule has 1 saturated heterocycles. The predicted octanol–water partition coefficient (Wildman–Crippen LogP) is 3.83. The zero-order valence-corrected chi connectivity index (χ0v) is 11.9. The van der Waals surface area contributed by atoms with Gasteiger partial charge in [0.15, 0.2) is 0 Å². The highest BCUT2D eigenvalue weighted by atomic mass is 16.5. The largest absolute Gasteiger partial charge is 0.370 e. The molecule has 2 heteroatoms. The second-order valence-electron chi connectivity index (χ2n) is 6.21. The molecule has 2 aliphatic rings. The van der Waals surface area contributed by atoms with Gasteiger partial charge in [-0.2, -0.15) is 0 Å². The molecule has 2 fully saturated rings. The number of benzene rings is 1. The molecule has 0 amide bonds. The molecule has 1 heterocycles. The third kappa shape index (κ3) is 3.01. The van der Waals surface area contributed by atoms with E-state index >= 15 is 0 Å². The van der Waals surface area contributed by atoms with Gasteiger partial charge in [0.05, 0.1) is 11.7 Å². The molecule has 0 bridgehead atoms. The van der Waals surface area contributed by atoms with Crippen LogP contribution in [-0.2, 0) is 4.74 Å². The maximum absolute atomic E-state index is 6.33. The highest BCUT2D eigenvalue weighted by molar-refractivity contribution is 5.18. The van der Waals surface area contributed by atoms with Gasteiger partial charge in [0.25, 0.3) is 0 Å². The lowest BCUT2D eigenvalue weighted by Crippen LogP contribution is -2.32. The first-order valence-electron chi connectivity index (χ1n) is 7.74. The van der Waals surface area contributed by atoms with Gasteiger partial charge in [0.1, 0.15) is 0 Å². The fraction of sp³-hybridized carbons (Fsp3) is 0.647. The number of nitrogens with one attached hydrogen (secondary N) is 1. The Balaban J connectivity index is 1.48. The van der Waals surface area contributed by atoms with Crippen molar-refractivity contribution in [1.82, 2.24) is 5.32 Å². The maximum Gasteiger partial charge on any atom is 0.0708 e. The summed E-state index contributed by atoms with van der Waals surface area (Å²) in [7, 11) is 0. The molecule has 2 atom stereocenters. The molecule has 3 rings (SSSR count). The third-order valence-corrected chi connectivity index (χ3v) is 4.80. The van der Waals surface area contributed by atoms with Crippen LogP contribution in [0.1, 0.15) is 57.1 Å². The summed E-state index contributed by atoms with van der Waals surface area (Å²) in [6.07, 6.45) is 8.23. The van der Waals surface area contributed by atoms with Crippen LogP contribution >= 0.6 is 0 Å². The third-order valence-electron chi connectivity index (χ3n) is 4.80. The average molecular weight is 259 g/mol. The molecule has 19 heavy (non-hydrogen) atoms. The lowest BCUT2D eigenvalue weighted by Gasteiger charge is -2.24. The van der Waals surface area contributed by atoms with E-state index < -0.39 is 0 Å². The van der Waals surface area contributed by atoms with Crippen molar-refractivity contribution in [3.8, 4) is 0 Å². The Morgan fingerprint density at radius 1 is 1.21 bits per heavy atom. The van der Waals surface area contributed by atoms with Crippen LogP contribution in [0.4, 0.5) is 0 Å². The van der Waals surface area contributed by atoms with Crippen LogP contribution < -0.4 is 5.32 Å². The second-order valence-corrected chi connectivity index (χ2v) is 6.21. The van der Waals surface area contributed by atoms with E-state index in [-0.39, 0.29) is 5.60 Å². The molecule has 1 aliphatic carbocycles. The monoisotopic (exact) mass is 259 g/mol. The number of rotatable bonds is 4. The lowest BCUT2D eigenvalue weighted by molar-refractivity contribution is -0.0357. The minimum atomic E-state index is 0.266. The quantitative estimate of drug-likeness (QED) is 0.887. The molecule has 0 radical (unpaired) electrons. The van der Waals surface area contributed by atoms with E-state index in [1.165, 1.54) is 44.1 Å². The lowest BCUT2D eigenvalue weighted by atomic mass is 9.98. The van der Waals surface area contributed by atoms with Crippen LogP contribution in [0.3, 0.4) is 0 Å². The Morgan fingerprint density at radius 3 is 2.68 bits per heavy atom. The van der Waals surface area contributed by atoms with Crippen molar-refractivity contribution in [3.63, 3.8) is 0 Å². The molecule has 104 valence electrons. The first kappa shape index (κ1) is 13.1.